The van der Waals surface area contributed by atoms with Crippen LogP contribution < -0.4 is 14.8 Å². The molecule has 1 N–H and O–H groups in total. The Morgan fingerprint density at radius 1 is 1.19 bits per heavy atom. The molecule has 21 heavy (non-hydrogen) atoms. The number of nitrogens with one attached hydrogen (secondary N) is 1. The summed E-state index contributed by atoms with van der Waals surface area (Å²) >= 11 is 0. The van der Waals surface area contributed by atoms with E-state index in [0.29, 0.717) is 22.8 Å². The summed E-state index contributed by atoms with van der Waals surface area (Å²) in [7, 11) is 3.04. The second-order valence-corrected chi connectivity index (χ2v) is 4.06. The van der Waals surface area contributed by atoms with Crippen LogP contribution in [-0.2, 0) is 14.3 Å². The highest BCUT2D eigenvalue weighted by Crippen LogP contribution is 2.29. The second-order valence-electron chi connectivity index (χ2n) is 4.06. The highest BCUT2D eigenvalue weighted by molar-refractivity contribution is 5.95. The molecular weight excluding hydrogens is 274 g/mol. The summed E-state index contributed by atoms with van der Waals surface area (Å²) in [4.78, 5) is 22.9. The predicted octanol–water partition coefficient (Wildman–Crippen LogP) is 1.74. The van der Waals surface area contributed by atoms with Gasteiger partial charge in [0.1, 0.15) is 0 Å². The van der Waals surface area contributed by atoms with Gasteiger partial charge in [-0.25, -0.2) is 4.79 Å². The Labute approximate surface area is 123 Å². The van der Waals surface area contributed by atoms with Crippen molar-refractivity contribution in [2.75, 3.05) is 20.8 Å². The van der Waals surface area contributed by atoms with Gasteiger partial charge >= 0.3 is 5.97 Å². The Morgan fingerprint density at radius 2 is 1.86 bits per heavy atom. The molecule has 1 aromatic carbocycles. The molecule has 0 atom stereocenters. The number of carbonyl (C=O) groups is 2. The molecule has 0 aromatic heterocycles. The van der Waals surface area contributed by atoms with Crippen molar-refractivity contribution in [2.45, 2.75) is 13.8 Å². The summed E-state index contributed by atoms with van der Waals surface area (Å²) in [6.07, 6.45) is 1.23. The number of hydrogen-bond acceptors (Lipinski definition) is 5. The van der Waals surface area contributed by atoms with E-state index in [0.717, 1.165) is 0 Å². The first-order valence-corrected chi connectivity index (χ1v) is 6.40. The van der Waals surface area contributed by atoms with Gasteiger partial charge in [0.25, 0.3) is 0 Å². The average molecular weight is 293 g/mol. The molecule has 0 aliphatic heterocycles. The van der Waals surface area contributed by atoms with E-state index in [4.69, 9.17) is 14.2 Å². The molecule has 0 fully saturated rings. The van der Waals surface area contributed by atoms with E-state index < -0.39 is 5.97 Å². The monoisotopic (exact) mass is 293 g/mol. The van der Waals surface area contributed by atoms with Crippen molar-refractivity contribution in [1.29, 1.82) is 0 Å². The molecule has 0 bridgehead atoms. The van der Waals surface area contributed by atoms with Gasteiger partial charge in [0, 0.05) is 18.6 Å². The zero-order chi connectivity index (χ0) is 15.8. The third kappa shape index (κ3) is 4.83. The Hall–Kier alpha value is -2.50. The van der Waals surface area contributed by atoms with Crippen LogP contribution in [0.5, 0.6) is 11.5 Å². The van der Waals surface area contributed by atoms with E-state index in [-0.39, 0.29) is 12.5 Å². The molecule has 1 amide bonds. The number of carbonyl (C=O) groups excluding carboxylic acids is 2. The number of benzene rings is 1. The van der Waals surface area contributed by atoms with E-state index in [2.05, 4.69) is 5.32 Å². The van der Waals surface area contributed by atoms with Gasteiger partial charge in [0.05, 0.1) is 26.5 Å². The van der Waals surface area contributed by atoms with Crippen LogP contribution in [0.2, 0.25) is 0 Å². The molecule has 0 aliphatic carbocycles. The summed E-state index contributed by atoms with van der Waals surface area (Å²) in [5, 5.41) is 2.60. The fourth-order valence-electron chi connectivity index (χ4n) is 1.69. The molecule has 6 nitrogen and oxygen atoms in total. The third-order valence-corrected chi connectivity index (χ3v) is 2.55. The molecule has 0 heterocycles. The summed E-state index contributed by atoms with van der Waals surface area (Å²) in [6, 6.07) is 5.07. The summed E-state index contributed by atoms with van der Waals surface area (Å²) in [6.45, 7) is 3.33. The standard InChI is InChI=1S/C15H19NO5/c1-5-21-15(18)9-12(16-10(2)17)11-6-7-13(19-3)14(8-11)20-4/h6-9H,5H2,1-4H3,(H,16,17)/b12-9-. The maximum absolute atomic E-state index is 11.6. The van der Waals surface area contributed by atoms with Crippen molar-refractivity contribution >= 4 is 17.6 Å². The van der Waals surface area contributed by atoms with Gasteiger partial charge in [0.15, 0.2) is 11.5 Å². The molecule has 6 heteroatoms. The number of hydrogen-bond donors (Lipinski definition) is 1. The molecule has 0 aliphatic rings. The summed E-state index contributed by atoms with van der Waals surface area (Å²) in [5.74, 6) is 0.228. The topological polar surface area (TPSA) is 73.9 Å². The van der Waals surface area contributed by atoms with E-state index >= 15 is 0 Å². The lowest BCUT2D eigenvalue weighted by molar-refractivity contribution is -0.137. The van der Waals surface area contributed by atoms with Crippen LogP contribution in [0, 0.1) is 0 Å². The van der Waals surface area contributed by atoms with Crippen molar-refractivity contribution < 1.29 is 23.8 Å². The first-order valence-electron chi connectivity index (χ1n) is 6.40. The van der Waals surface area contributed by atoms with Gasteiger partial charge in [-0.15, -0.1) is 0 Å². The van der Waals surface area contributed by atoms with E-state index in [9.17, 15) is 9.59 Å². The van der Waals surface area contributed by atoms with Gasteiger partial charge in [-0.05, 0) is 25.1 Å². The van der Waals surface area contributed by atoms with Gasteiger partial charge in [-0.1, -0.05) is 0 Å². The average Bonchev–Trinajstić information content (AvgIpc) is 2.45. The van der Waals surface area contributed by atoms with Crippen LogP contribution >= 0.6 is 0 Å². The van der Waals surface area contributed by atoms with Crippen LogP contribution in [-0.4, -0.2) is 32.7 Å². The summed E-state index contributed by atoms with van der Waals surface area (Å²) < 4.78 is 15.2. The smallest absolute Gasteiger partial charge is 0.332 e. The lowest BCUT2D eigenvalue weighted by atomic mass is 10.1. The van der Waals surface area contributed by atoms with Crippen LogP contribution in [0.15, 0.2) is 24.3 Å². The van der Waals surface area contributed by atoms with Crippen molar-refractivity contribution in [2.24, 2.45) is 0 Å². The SMILES string of the molecule is CCOC(=O)/C=C(\NC(C)=O)c1ccc(OC)c(OC)c1. The Bertz CT molecular complexity index is 551. The van der Waals surface area contributed by atoms with Crippen molar-refractivity contribution in [3.8, 4) is 11.5 Å². The lowest BCUT2D eigenvalue weighted by Crippen LogP contribution is -2.19. The molecule has 0 saturated carbocycles. The number of amides is 1. The molecule has 1 rings (SSSR count). The Morgan fingerprint density at radius 3 is 2.38 bits per heavy atom. The minimum Gasteiger partial charge on any atom is -0.493 e. The highest BCUT2D eigenvalue weighted by Gasteiger charge is 2.11. The Kier molecular flexibility index (Phi) is 6.26. The second kappa shape index (κ2) is 7.94. The maximum Gasteiger partial charge on any atom is 0.332 e. The van der Waals surface area contributed by atoms with Crippen LogP contribution in [0.25, 0.3) is 5.70 Å². The van der Waals surface area contributed by atoms with Crippen molar-refractivity contribution in [3.05, 3.63) is 29.8 Å². The van der Waals surface area contributed by atoms with Gasteiger partial charge in [-0.3, -0.25) is 4.79 Å². The van der Waals surface area contributed by atoms with E-state index in [1.807, 2.05) is 0 Å². The first-order chi connectivity index (χ1) is 10.0. The number of ether oxygens (including phenoxy) is 3. The zero-order valence-corrected chi connectivity index (χ0v) is 12.6. The van der Waals surface area contributed by atoms with Gasteiger partial charge in [-0.2, -0.15) is 0 Å². The molecule has 0 radical (unpaired) electrons. The quantitative estimate of drug-likeness (QED) is 0.639. The highest BCUT2D eigenvalue weighted by atomic mass is 16.5. The van der Waals surface area contributed by atoms with Gasteiger partial charge < -0.3 is 19.5 Å². The van der Waals surface area contributed by atoms with Crippen LogP contribution in [0.1, 0.15) is 19.4 Å². The lowest BCUT2D eigenvalue weighted by Gasteiger charge is -2.12. The van der Waals surface area contributed by atoms with E-state index in [1.165, 1.54) is 27.2 Å². The van der Waals surface area contributed by atoms with Crippen LogP contribution in [0.3, 0.4) is 0 Å². The molecular formula is C15H19NO5. The Balaban J connectivity index is 3.19. The first kappa shape index (κ1) is 16.6. The maximum atomic E-state index is 11.6. The third-order valence-electron chi connectivity index (χ3n) is 2.55. The predicted molar refractivity (Wildman–Crippen MR) is 78.0 cm³/mol. The van der Waals surface area contributed by atoms with Crippen molar-refractivity contribution in [1.82, 2.24) is 5.32 Å². The number of esters is 1. The minimum atomic E-state index is -0.531. The fraction of sp³-hybridized carbons (Fsp3) is 0.333. The minimum absolute atomic E-state index is 0.259. The molecule has 114 valence electrons. The molecule has 0 spiro atoms. The fourth-order valence-corrected chi connectivity index (χ4v) is 1.69. The number of rotatable bonds is 6. The normalized spacial score (nSPS) is 10.8. The molecule has 1 aromatic rings. The van der Waals surface area contributed by atoms with Gasteiger partial charge in [0.2, 0.25) is 5.91 Å². The molecule has 0 unspecified atom stereocenters. The summed E-state index contributed by atoms with van der Waals surface area (Å²) in [5.41, 5.74) is 0.942. The number of methoxy groups -OCH3 is 2. The van der Waals surface area contributed by atoms with Crippen LogP contribution in [0.4, 0.5) is 0 Å². The van der Waals surface area contributed by atoms with E-state index in [1.54, 1.807) is 25.1 Å². The van der Waals surface area contributed by atoms with Crippen molar-refractivity contribution in [3.63, 3.8) is 0 Å². The zero-order valence-electron chi connectivity index (χ0n) is 12.6. The largest absolute Gasteiger partial charge is 0.493 e. The molecule has 0 saturated heterocycles.